The van der Waals surface area contributed by atoms with Crippen molar-refractivity contribution in [1.82, 2.24) is 9.97 Å². The summed E-state index contributed by atoms with van der Waals surface area (Å²) in [5.74, 6) is 2.20. The number of benzene rings is 2. The monoisotopic (exact) mass is 506 g/mol. The van der Waals surface area contributed by atoms with Crippen LogP contribution in [0.15, 0.2) is 60.9 Å². The zero-order valence-electron chi connectivity index (χ0n) is 22.6. The molecule has 1 atom stereocenters. The molecule has 0 aliphatic carbocycles. The molecule has 4 nitrogen and oxygen atoms in total. The minimum absolute atomic E-state index is 0.0908. The van der Waals surface area contributed by atoms with E-state index in [0.717, 1.165) is 48.3 Å². The van der Waals surface area contributed by atoms with Crippen LogP contribution >= 0.6 is 0 Å². The fourth-order valence-electron chi connectivity index (χ4n) is 4.19. The smallest absolute Gasteiger partial charge is 0.159 e. The van der Waals surface area contributed by atoms with E-state index in [9.17, 15) is 4.39 Å². The molecule has 0 saturated heterocycles. The highest BCUT2D eigenvalue weighted by Gasteiger charge is 2.08. The summed E-state index contributed by atoms with van der Waals surface area (Å²) in [7, 11) is 0. The predicted octanol–water partition coefficient (Wildman–Crippen LogP) is 9.24. The van der Waals surface area contributed by atoms with Gasteiger partial charge in [0.1, 0.15) is 24.3 Å². The SMILES string of the molecule is CCCCCCCCCCOc1ccc(-c2cnc(-c3ccc(OCC(F)CCCC)cc3)nc2)cc1. The molecular weight excluding hydrogens is 463 g/mol. The van der Waals surface area contributed by atoms with Crippen molar-refractivity contribution in [2.75, 3.05) is 13.2 Å². The van der Waals surface area contributed by atoms with Gasteiger partial charge in [0.2, 0.25) is 0 Å². The standard InChI is InChI=1S/C32H43FN2O2/c1-3-5-7-8-9-10-11-12-22-36-30-18-14-26(15-19-30)28-23-34-32(35-24-28)27-16-20-31(21-17-27)37-25-29(33)13-6-4-2/h14-21,23-24,29H,3-13,22,25H2,1-2H3. The van der Waals surface area contributed by atoms with Gasteiger partial charge in [0.25, 0.3) is 0 Å². The van der Waals surface area contributed by atoms with Gasteiger partial charge in [-0.3, -0.25) is 0 Å². The summed E-state index contributed by atoms with van der Waals surface area (Å²) < 4.78 is 25.3. The molecule has 5 heteroatoms. The molecule has 1 unspecified atom stereocenters. The minimum Gasteiger partial charge on any atom is -0.494 e. The van der Waals surface area contributed by atoms with E-state index in [4.69, 9.17) is 9.47 Å². The predicted molar refractivity (Wildman–Crippen MR) is 151 cm³/mol. The Kier molecular flexibility index (Phi) is 12.9. The van der Waals surface area contributed by atoms with Gasteiger partial charge in [0.15, 0.2) is 5.82 Å². The summed E-state index contributed by atoms with van der Waals surface area (Å²) in [6.45, 7) is 5.18. The van der Waals surface area contributed by atoms with Crippen molar-refractivity contribution in [3.8, 4) is 34.0 Å². The molecule has 37 heavy (non-hydrogen) atoms. The molecule has 0 aliphatic heterocycles. The maximum absolute atomic E-state index is 13.8. The summed E-state index contributed by atoms with van der Waals surface area (Å²) in [6.07, 6.45) is 15.6. The molecule has 1 aromatic heterocycles. The van der Waals surface area contributed by atoms with Crippen LogP contribution in [0.5, 0.6) is 11.5 Å². The highest BCUT2D eigenvalue weighted by Crippen LogP contribution is 2.24. The third-order valence-corrected chi connectivity index (χ3v) is 6.52. The number of hydrogen-bond acceptors (Lipinski definition) is 4. The molecule has 0 amide bonds. The molecule has 2 aromatic carbocycles. The molecule has 0 radical (unpaired) electrons. The third-order valence-electron chi connectivity index (χ3n) is 6.52. The average Bonchev–Trinajstić information content (AvgIpc) is 2.95. The summed E-state index contributed by atoms with van der Waals surface area (Å²) in [5.41, 5.74) is 2.91. The quantitative estimate of drug-likeness (QED) is 0.161. The Bertz CT molecular complexity index is 991. The minimum atomic E-state index is -0.925. The van der Waals surface area contributed by atoms with Gasteiger partial charge in [-0.2, -0.15) is 0 Å². The molecule has 0 saturated carbocycles. The topological polar surface area (TPSA) is 44.2 Å². The number of nitrogens with zero attached hydrogens (tertiary/aromatic N) is 2. The Balaban J connectivity index is 1.41. The molecule has 0 spiro atoms. The largest absolute Gasteiger partial charge is 0.494 e. The third kappa shape index (κ3) is 10.5. The van der Waals surface area contributed by atoms with E-state index >= 15 is 0 Å². The van der Waals surface area contributed by atoms with Crippen molar-refractivity contribution >= 4 is 0 Å². The highest BCUT2D eigenvalue weighted by molar-refractivity contribution is 5.64. The zero-order valence-corrected chi connectivity index (χ0v) is 22.6. The van der Waals surface area contributed by atoms with Crippen molar-refractivity contribution in [1.29, 1.82) is 0 Å². The van der Waals surface area contributed by atoms with Gasteiger partial charge in [-0.15, -0.1) is 0 Å². The lowest BCUT2D eigenvalue weighted by Gasteiger charge is -2.10. The Hall–Kier alpha value is -2.95. The molecular formula is C32H43FN2O2. The van der Waals surface area contributed by atoms with Crippen molar-refractivity contribution in [3.05, 3.63) is 60.9 Å². The average molecular weight is 507 g/mol. The number of aromatic nitrogens is 2. The van der Waals surface area contributed by atoms with Crippen LogP contribution in [-0.2, 0) is 0 Å². The van der Waals surface area contributed by atoms with Crippen LogP contribution in [0.25, 0.3) is 22.5 Å². The Labute approximate surface area is 222 Å². The molecule has 200 valence electrons. The second-order valence-corrected chi connectivity index (χ2v) is 9.72. The van der Waals surface area contributed by atoms with Crippen molar-refractivity contribution in [2.24, 2.45) is 0 Å². The van der Waals surface area contributed by atoms with E-state index in [0.29, 0.717) is 18.0 Å². The maximum Gasteiger partial charge on any atom is 0.159 e. The lowest BCUT2D eigenvalue weighted by atomic mass is 10.1. The van der Waals surface area contributed by atoms with Gasteiger partial charge in [0, 0.05) is 23.5 Å². The van der Waals surface area contributed by atoms with Gasteiger partial charge in [-0.25, -0.2) is 14.4 Å². The molecule has 3 aromatic rings. The Morgan fingerprint density at radius 2 is 1.16 bits per heavy atom. The second kappa shape index (κ2) is 16.7. The van der Waals surface area contributed by atoms with E-state index < -0.39 is 6.17 Å². The van der Waals surface area contributed by atoms with E-state index in [1.165, 1.54) is 44.9 Å². The van der Waals surface area contributed by atoms with Gasteiger partial charge in [0.05, 0.1) is 6.61 Å². The first-order valence-electron chi connectivity index (χ1n) is 14.1. The summed E-state index contributed by atoms with van der Waals surface area (Å²) >= 11 is 0. The first-order chi connectivity index (χ1) is 18.2. The number of hydrogen-bond donors (Lipinski definition) is 0. The molecule has 3 rings (SSSR count). The Morgan fingerprint density at radius 1 is 0.622 bits per heavy atom. The van der Waals surface area contributed by atoms with Crippen molar-refractivity contribution in [3.63, 3.8) is 0 Å². The number of unbranched alkanes of at least 4 members (excludes halogenated alkanes) is 8. The van der Waals surface area contributed by atoms with Crippen LogP contribution in [0.1, 0.15) is 84.5 Å². The zero-order chi connectivity index (χ0) is 26.1. The second-order valence-electron chi connectivity index (χ2n) is 9.72. The molecule has 0 bridgehead atoms. The fraction of sp³-hybridized carbons (Fsp3) is 0.500. The first kappa shape index (κ1) is 28.6. The normalized spacial score (nSPS) is 11.9. The number of ether oxygens (including phenoxy) is 2. The van der Waals surface area contributed by atoms with Crippen LogP contribution in [-0.4, -0.2) is 29.4 Å². The van der Waals surface area contributed by atoms with Gasteiger partial charge >= 0.3 is 0 Å². The summed E-state index contributed by atoms with van der Waals surface area (Å²) in [6, 6.07) is 15.6. The highest BCUT2D eigenvalue weighted by atomic mass is 19.1. The van der Waals surface area contributed by atoms with Gasteiger partial charge in [-0.1, -0.05) is 83.8 Å². The number of halogens is 1. The van der Waals surface area contributed by atoms with Gasteiger partial charge < -0.3 is 9.47 Å². The number of rotatable bonds is 18. The van der Waals surface area contributed by atoms with E-state index in [2.05, 4.69) is 23.8 Å². The van der Waals surface area contributed by atoms with E-state index in [1.807, 2.05) is 60.9 Å². The van der Waals surface area contributed by atoms with Crippen molar-refractivity contribution in [2.45, 2.75) is 90.6 Å². The van der Waals surface area contributed by atoms with E-state index in [1.54, 1.807) is 0 Å². The van der Waals surface area contributed by atoms with Gasteiger partial charge in [-0.05, 0) is 54.8 Å². The number of alkyl halides is 1. The van der Waals surface area contributed by atoms with Crippen LogP contribution < -0.4 is 9.47 Å². The van der Waals surface area contributed by atoms with E-state index in [-0.39, 0.29) is 6.61 Å². The molecule has 0 aliphatic rings. The first-order valence-corrected chi connectivity index (χ1v) is 14.1. The van der Waals surface area contributed by atoms with Crippen LogP contribution in [0.2, 0.25) is 0 Å². The maximum atomic E-state index is 13.8. The fourth-order valence-corrected chi connectivity index (χ4v) is 4.19. The van der Waals surface area contributed by atoms with Crippen LogP contribution in [0, 0.1) is 0 Å². The van der Waals surface area contributed by atoms with Crippen LogP contribution in [0.4, 0.5) is 4.39 Å². The van der Waals surface area contributed by atoms with Crippen molar-refractivity contribution < 1.29 is 13.9 Å². The molecule has 0 fully saturated rings. The lowest BCUT2D eigenvalue weighted by molar-refractivity contribution is 0.184. The Morgan fingerprint density at radius 3 is 1.78 bits per heavy atom. The lowest BCUT2D eigenvalue weighted by Crippen LogP contribution is -2.12. The van der Waals surface area contributed by atoms with Crippen LogP contribution in [0.3, 0.4) is 0 Å². The summed E-state index contributed by atoms with van der Waals surface area (Å²) in [4.78, 5) is 9.09. The molecule has 0 N–H and O–H groups in total. The summed E-state index contributed by atoms with van der Waals surface area (Å²) in [5, 5.41) is 0. The molecule has 1 heterocycles.